The van der Waals surface area contributed by atoms with Gasteiger partial charge in [0.15, 0.2) is 5.13 Å². The Morgan fingerprint density at radius 1 is 1.14 bits per heavy atom. The quantitative estimate of drug-likeness (QED) is 0.374. The summed E-state index contributed by atoms with van der Waals surface area (Å²) in [5, 5.41) is 7.84. The molecular weight excluding hydrogens is 490 g/mol. The van der Waals surface area contributed by atoms with E-state index in [1.807, 2.05) is 29.6 Å². The van der Waals surface area contributed by atoms with E-state index in [2.05, 4.69) is 31.5 Å². The highest BCUT2D eigenvalue weighted by atomic mass is 79.9. The standard InChI is InChI=1S/C20H12BrN3O2S3/c21-14-7-5-12(6-8-14)15-10-28-19(22-15)23-17(25)13-3-1-11(2-4-13)9-16-18(26)24-20(27)29-16/h1-10H,(H,22,23,25)(H,24,26,27)/b16-9-. The SMILES string of the molecule is O=C1NC(=S)S/C1=C\c1ccc(C(=O)Nc2nc(-c3ccc(Br)cc3)cs2)cc1. The van der Waals surface area contributed by atoms with E-state index in [0.29, 0.717) is 19.9 Å². The molecule has 1 saturated heterocycles. The van der Waals surface area contributed by atoms with Gasteiger partial charge in [-0.05, 0) is 35.9 Å². The molecule has 4 rings (SSSR count). The first-order chi connectivity index (χ1) is 14.0. The number of carbonyl (C=O) groups excluding carboxylic acids is 2. The van der Waals surface area contributed by atoms with Crippen LogP contribution in [0.4, 0.5) is 5.13 Å². The van der Waals surface area contributed by atoms with E-state index in [4.69, 9.17) is 12.2 Å². The van der Waals surface area contributed by atoms with Crippen LogP contribution in [-0.2, 0) is 4.79 Å². The second kappa shape index (κ2) is 8.58. The number of halogens is 1. The molecule has 0 saturated carbocycles. The van der Waals surface area contributed by atoms with Crippen LogP contribution in [0.3, 0.4) is 0 Å². The van der Waals surface area contributed by atoms with E-state index in [-0.39, 0.29) is 11.8 Å². The molecule has 0 atom stereocenters. The van der Waals surface area contributed by atoms with Gasteiger partial charge in [-0.15, -0.1) is 11.3 Å². The lowest BCUT2D eigenvalue weighted by molar-refractivity contribution is -0.115. The number of benzene rings is 2. The van der Waals surface area contributed by atoms with Crippen LogP contribution in [0.15, 0.2) is 63.3 Å². The molecule has 0 bridgehead atoms. The van der Waals surface area contributed by atoms with E-state index in [1.54, 1.807) is 30.3 Å². The first-order valence-electron chi connectivity index (χ1n) is 8.36. The Bertz CT molecular complexity index is 1140. The number of amides is 2. The number of thiazole rings is 1. The summed E-state index contributed by atoms with van der Waals surface area (Å²) in [6, 6.07) is 14.8. The number of anilines is 1. The summed E-state index contributed by atoms with van der Waals surface area (Å²) in [7, 11) is 0. The normalized spacial score (nSPS) is 14.9. The Morgan fingerprint density at radius 3 is 2.52 bits per heavy atom. The van der Waals surface area contributed by atoms with Crippen LogP contribution < -0.4 is 10.6 Å². The van der Waals surface area contributed by atoms with Gasteiger partial charge in [-0.25, -0.2) is 4.98 Å². The number of aromatic nitrogens is 1. The molecule has 2 aromatic carbocycles. The number of nitrogens with zero attached hydrogens (tertiary/aromatic N) is 1. The average molecular weight is 502 g/mol. The largest absolute Gasteiger partial charge is 0.307 e. The van der Waals surface area contributed by atoms with Crippen LogP contribution in [-0.4, -0.2) is 21.1 Å². The summed E-state index contributed by atoms with van der Waals surface area (Å²) in [5.41, 5.74) is 3.11. The van der Waals surface area contributed by atoms with Crippen molar-refractivity contribution < 1.29 is 9.59 Å². The topological polar surface area (TPSA) is 71.1 Å². The van der Waals surface area contributed by atoms with E-state index in [9.17, 15) is 9.59 Å². The van der Waals surface area contributed by atoms with Crippen molar-refractivity contribution in [3.05, 3.63) is 74.4 Å². The summed E-state index contributed by atoms with van der Waals surface area (Å²) < 4.78 is 1.45. The van der Waals surface area contributed by atoms with Gasteiger partial charge in [0.2, 0.25) is 0 Å². The molecule has 9 heteroatoms. The van der Waals surface area contributed by atoms with Crippen LogP contribution in [0, 0.1) is 0 Å². The monoisotopic (exact) mass is 501 g/mol. The fourth-order valence-corrected chi connectivity index (χ4v) is 4.58. The van der Waals surface area contributed by atoms with Gasteiger partial charge in [-0.3, -0.25) is 14.9 Å². The molecule has 1 aliphatic rings. The molecule has 0 unspecified atom stereocenters. The fourth-order valence-electron chi connectivity index (χ4n) is 2.56. The highest BCUT2D eigenvalue weighted by Gasteiger charge is 2.21. The second-order valence-corrected chi connectivity index (χ2v) is 9.47. The molecule has 144 valence electrons. The number of thioether (sulfide) groups is 1. The van der Waals surface area contributed by atoms with Crippen LogP contribution in [0.2, 0.25) is 0 Å². The third-order valence-electron chi connectivity index (χ3n) is 3.98. The first-order valence-corrected chi connectivity index (χ1v) is 11.3. The summed E-state index contributed by atoms with van der Waals surface area (Å²) in [4.78, 5) is 29.2. The smallest absolute Gasteiger partial charge is 0.263 e. The minimum absolute atomic E-state index is 0.202. The highest BCUT2D eigenvalue weighted by Crippen LogP contribution is 2.27. The zero-order valence-corrected chi connectivity index (χ0v) is 18.7. The predicted molar refractivity (Wildman–Crippen MR) is 126 cm³/mol. The predicted octanol–water partition coefficient (Wildman–Crippen LogP) is 5.31. The van der Waals surface area contributed by atoms with Crippen molar-refractivity contribution >= 4 is 78.6 Å². The van der Waals surface area contributed by atoms with Crippen molar-refractivity contribution in [2.24, 2.45) is 0 Å². The average Bonchev–Trinajstić information content (AvgIpc) is 3.29. The Hall–Kier alpha value is -2.33. The van der Waals surface area contributed by atoms with Crippen LogP contribution in [0.25, 0.3) is 17.3 Å². The number of nitrogens with one attached hydrogen (secondary N) is 2. The lowest BCUT2D eigenvalue weighted by Gasteiger charge is -2.03. The lowest BCUT2D eigenvalue weighted by Crippen LogP contribution is -2.17. The number of hydrogen-bond donors (Lipinski definition) is 2. The lowest BCUT2D eigenvalue weighted by atomic mass is 10.1. The maximum Gasteiger partial charge on any atom is 0.263 e. The molecule has 0 spiro atoms. The number of hydrogen-bond acceptors (Lipinski definition) is 6. The van der Waals surface area contributed by atoms with Gasteiger partial charge in [0.05, 0.1) is 10.6 Å². The van der Waals surface area contributed by atoms with Gasteiger partial charge >= 0.3 is 0 Å². The second-order valence-electron chi connectivity index (χ2n) is 5.97. The van der Waals surface area contributed by atoms with E-state index >= 15 is 0 Å². The minimum Gasteiger partial charge on any atom is -0.307 e. The van der Waals surface area contributed by atoms with Crippen molar-refractivity contribution in [1.82, 2.24) is 10.3 Å². The van der Waals surface area contributed by atoms with Crippen LogP contribution in [0.5, 0.6) is 0 Å². The van der Waals surface area contributed by atoms with Gasteiger partial charge in [-0.2, -0.15) is 0 Å². The maximum atomic E-state index is 12.5. The fraction of sp³-hybridized carbons (Fsp3) is 0. The van der Waals surface area contributed by atoms with Gasteiger partial charge < -0.3 is 5.32 Å². The van der Waals surface area contributed by atoms with Crippen molar-refractivity contribution in [3.8, 4) is 11.3 Å². The third kappa shape index (κ3) is 4.81. The molecule has 3 aromatic rings. The summed E-state index contributed by atoms with van der Waals surface area (Å²) in [5.74, 6) is -0.442. The Balaban J connectivity index is 1.44. The van der Waals surface area contributed by atoms with Crippen molar-refractivity contribution in [2.45, 2.75) is 0 Å². The Labute approximate surface area is 188 Å². The first kappa shape index (κ1) is 20.0. The van der Waals surface area contributed by atoms with Crippen LogP contribution in [0.1, 0.15) is 15.9 Å². The molecule has 2 heterocycles. The summed E-state index contributed by atoms with van der Waals surface area (Å²) >= 11 is 11.0. The molecule has 0 radical (unpaired) electrons. The van der Waals surface area contributed by atoms with Gasteiger partial charge in [-0.1, -0.05) is 64.2 Å². The Kier molecular flexibility index (Phi) is 5.91. The molecule has 1 fully saturated rings. The molecule has 0 aliphatic carbocycles. The maximum absolute atomic E-state index is 12.5. The Morgan fingerprint density at radius 2 is 1.86 bits per heavy atom. The third-order valence-corrected chi connectivity index (χ3v) is 6.43. The van der Waals surface area contributed by atoms with E-state index < -0.39 is 0 Å². The van der Waals surface area contributed by atoms with Crippen molar-refractivity contribution in [3.63, 3.8) is 0 Å². The molecule has 1 aromatic heterocycles. The molecular formula is C20H12BrN3O2S3. The van der Waals surface area contributed by atoms with Gasteiger partial charge in [0.1, 0.15) is 4.32 Å². The van der Waals surface area contributed by atoms with Crippen molar-refractivity contribution in [1.29, 1.82) is 0 Å². The molecule has 29 heavy (non-hydrogen) atoms. The summed E-state index contributed by atoms with van der Waals surface area (Å²) in [6.45, 7) is 0. The minimum atomic E-state index is -0.241. The highest BCUT2D eigenvalue weighted by molar-refractivity contribution is 9.10. The van der Waals surface area contributed by atoms with E-state index in [1.165, 1.54) is 23.1 Å². The molecule has 2 amide bonds. The van der Waals surface area contributed by atoms with Gasteiger partial charge in [0, 0.05) is 21.0 Å². The van der Waals surface area contributed by atoms with Crippen LogP contribution >= 0.6 is 51.2 Å². The summed E-state index contributed by atoms with van der Waals surface area (Å²) in [6.07, 6.45) is 1.74. The molecule has 5 nitrogen and oxygen atoms in total. The number of rotatable bonds is 4. The number of thiocarbonyl (C=S) groups is 1. The molecule has 1 aliphatic heterocycles. The van der Waals surface area contributed by atoms with Gasteiger partial charge in [0.25, 0.3) is 11.8 Å². The van der Waals surface area contributed by atoms with Crippen molar-refractivity contribution in [2.75, 3.05) is 5.32 Å². The zero-order chi connectivity index (χ0) is 20.4. The molecule has 2 N–H and O–H groups in total. The zero-order valence-electron chi connectivity index (χ0n) is 14.6. The number of carbonyl (C=O) groups is 2. The van der Waals surface area contributed by atoms with E-state index in [0.717, 1.165) is 21.3 Å².